The van der Waals surface area contributed by atoms with Gasteiger partial charge in [-0.1, -0.05) is 18.2 Å². The quantitative estimate of drug-likeness (QED) is 0.528. The van der Waals surface area contributed by atoms with Crippen LogP contribution in [0.15, 0.2) is 71.6 Å². The number of aromatic hydroxyl groups is 1. The van der Waals surface area contributed by atoms with E-state index in [2.05, 4.69) is 15.4 Å². The number of fused-ring (bicyclic) bond motifs is 1. The lowest BCUT2D eigenvalue weighted by molar-refractivity contribution is 0.475. The molecule has 0 saturated heterocycles. The van der Waals surface area contributed by atoms with Gasteiger partial charge in [0.2, 0.25) is 5.95 Å². The Morgan fingerprint density at radius 2 is 1.74 bits per heavy atom. The molecule has 2 aromatic heterocycles. The first-order valence-corrected chi connectivity index (χ1v) is 10.0. The van der Waals surface area contributed by atoms with Gasteiger partial charge in [0.05, 0.1) is 10.6 Å². The maximum atomic E-state index is 11.8. The van der Waals surface area contributed by atoms with Crippen LogP contribution in [0.2, 0.25) is 0 Å². The highest BCUT2D eigenvalue weighted by Crippen LogP contribution is 2.24. The van der Waals surface area contributed by atoms with Crippen molar-refractivity contribution in [2.75, 3.05) is 11.6 Å². The summed E-state index contributed by atoms with van der Waals surface area (Å²) >= 11 is 0. The maximum Gasteiger partial charge on any atom is 0.247 e. The lowest BCUT2D eigenvalue weighted by atomic mass is 10.1. The van der Waals surface area contributed by atoms with E-state index in [0.717, 1.165) is 16.9 Å². The summed E-state index contributed by atoms with van der Waals surface area (Å²) in [6, 6.07) is 18.8. The molecule has 0 fully saturated rings. The zero-order chi connectivity index (χ0) is 19.0. The summed E-state index contributed by atoms with van der Waals surface area (Å²) < 4.78 is 25.4. The number of aromatic nitrogens is 3. The number of rotatable bonds is 4. The number of hydrogen-bond acceptors (Lipinski definition) is 6. The van der Waals surface area contributed by atoms with E-state index in [1.807, 2.05) is 24.3 Å². The van der Waals surface area contributed by atoms with Gasteiger partial charge < -0.3 is 10.4 Å². The number of nitrogens with zero attached hydrogens (tertiary/aromatic N) is 3. The average Bonchev–Trinajstić information content (AvgIpc) is 3.05. The minimum absolute atomic E-state index is 0.177. The molecule has 2 aromatic carbocycles. The summed E-state index contributed by atoms with van der Waals surface area (Å²) in [4.78, 5) is 4.70. The molecule has 0 amide bonds. The van der Waals surface area contributed by atoms with Crippen molar-refractivity contribution >= 4 is 27.1 Å². The summed E-state index contributed by atoms with van der Waals surface area (Å²) in [5.41, 5.74) is 2.82. The van der Waals surface area contributed by atoms with Crippen molar-refractivity contribution in [3.63, 3.8) is 0 Å². The van der Waals surface area contributed by atoms with Crippen LogP contribution in [0.25, 0.3) is 16.9 Å². The van der Waals surface area contributed by atoms with Crippen molar-refractivity contribution in [2.45, 2.75) is 4.90 Å². The SMILES string of the molecule is CS(=O)(=O)c1cccc(-c2cccc3nc(Nc4ccc(O)cc4)nn23)c1. The van der Waals surface area contributed by atoms with Crippen molar-refractivity contribution in [3.8, 4) is 17.0 Å². The fourth-order valence-corrected chi connectivity index (χ4v) is 3.40. The predicted molar refractivity (Wildman–Crippen MR) is 103 cm³/mol. The molecule has 0 aliphatic heterocycles. The number of nitrogens with one attached hydrogen (secondary N) is 1. The Morgan fingerprint density at radius 3 is 2.48 bits per heavy atom. The highest BCUT2D eigenvalue weighted by molar-refractivity contribution is 7.90. The van der Waals surface area contributed by atoms with Gasteiger partial charge in [0.25, 0.3) is 0 Å². The van der Waals surface area contributed by atoms with Crippen LogP contribution in [0.4, 0.5) is 11.6 Å². The zero-order valence-electron chi connectivity index (χ0n) is 14.4. The molecule has 4 rings (SSSR count). The monoisotopic (exact) mass is 380 g/mol. The second kappa shape index (κ2) is 6.40. The van der Waals surface area contributed by atoms with Crippen LogP contribution >= 0.6 is 0 Å². The van der Waals surface area contributed by atoms with Crippen LogP contribution in [-0.4, -0.2) is 34.4 Å². The molecule has 0 unspecified atom stereocenters. The molecule has 4 aromatic rings. The van der Waals surface area contributed by atoms with Crippen LogP contribution < -0.4 is 5.32 Å². The van der Waals surface area contributed by atoms with Crippen molar-refractivity contribution in [3.05, 3.63) is 66.7 Å². The van der Waals surface area contributed by atoms with Crippen molar-refractivity contribution in [1.29, 1.82) is 0 Å². The summed E-state index contributed by atoms with van der Waals surface area (Å²) in [5, 5.41) is 16.9. The van der Waals surface area contributed by atoms with Gasteiger partial charge in [-0.25, -0.2) is 12.9 Å². The van der Waals surface area contributed by atoms with E-state index < -0.39 is 9.84 Å². The summed E-state index contributed by atoms with van der Waals surface area (Å²) in [6.07, 6.45) is 1.18. The van der Waals surface area contributed by atoms with Gasteiger partial charge in [-0.3, -0.25) is 0 Å². The molecule has 136 valence electrons. The second-order valence-electron chi connectivity index (χ2n) is 6.09. The zero-order valence-corrected chi connectivity index (χ0v) is 15.2. The Labute approximate surface area is 155 Å². The van der Waals surface area contributed by atoms with Gasteiger partial charge in [0.1, 0.15) is 5.75 Å². The van der Waals surface area contributed by atoms with E-state index in [1.54, 1.807) is 47.0 Å². The van der Waals surface area contributed by atoms with Gasteiger partial charge in [0.15, 0.2) is 15.5 Å². The molecule has 0 spiro atoms. The number of phenolic OH excluding ortho intramolecular Hbond substituents is 1. The predicted octanol–water partition coefficient (Wildman–Crippen LogP) is 3.25. The van der Waals surface area contributed by atoms with E-state index >= 15 is 0 Å². The molecule has 0 aliphatic carbocycles. The van der Waals surface area contributed by atoms with Crippen LogP contribution in [0.5, 0.6) is 5.75 Å². The first kappa shape index (κ1) is 17.0. The molecule has 0 radical (unpaired) electrons. The Kier molecular flexibility index (Phi) is 4.04. The summed E-state index contributed by atoms with van der Waals surface area (Å²) in [6.45, 7) is 0. The third-order valence-corrected chi connectivity index (χ3v) is 5.15. The van der Waals surface area contributed by atoms with Crippen LogP contribution in [0, 0.1) is 0 Å². The fourth-order valence-electron chi connectivity index (χ4n) is 2.74. The summed E-state index contributed by atoms with van der Waals surface area (Å²) in [5.74, 6) is 0.573. The molecular formula is C19H16N4O3S. The largest absolute Gasteiger partial charge is 0.508 e. The standard InChI is InChI=1S/C19H16N4O3S/c1-27(25,26)16-5-2-4-13(12-16)17-6-3-7-18-21-19(22-23(17)18)20-14-8-10-15(24)11-9-14/h2-12,24H,1H3,(H,20,22). The second-order valence-corrected chi connectivity index (χ2v) is 8.10. The minimum atomic E-state index is -3.30. The van der Waals surface area contributed by atoms with Crippen molar-refractivity contribution in [2.24, 2.45) is 0 Å². The first-order chi connectivity index (χ1) is 12.9. The molecule has 0 bridgehead atoms. The van der Waals surface area contributed by atoms with Crippen LogP contribution in [0.3, 0.4) is 0 Å². The van der Waals surface area contributed by atoms with E-state index in [0.29, 0.717) is 11.6 Å². The Balaban J connectivity index is 1.77. The van der Waals surface area contributed by atoms with Gasteiger partial charge in [-0.15, -0.1) is 5.10 Å². The normalized spacial score (nSPS) is 11.6. The van der Waals surface area contributed by atoms with Gasteiger partial charge in [0, 0.05) is 17.5 Å². The molecule has 0 atom stereocenters. The molecule has 27 heavy (non-hydrogen) atoms. The minimum Gasteiger partial charge on any atom is -0.508 e. The molecule has 7 nitrogen and oxygen atoms in total. The Morgan fingerprint density at radius 1 is 1.00 bits per heavy atom. The molecule has 0 aliphatic rings. The van der Waals surface area contributed by atoms with E-state index in [-0.39, 0.29) is 10.6 Å². The summed E-state index contributed by atoms with van der Waals surface area (Å²) in [7, 11) is -3.30. The Bertz CT molecular complexity index is 1230. The number of benzene rings is 2. The molecule has 0 saturated carbocycles. The average molecular weight is 380 g/mol. The maximum absolute atomic E-state index is 11.8. The molecule has 2 N–H and O–H groups in total. The van der Waals surface area contributed by atoms with Gasteiger partial charge in [-0.2, -0.15) is 4.98 Å². The number of phenols is 1. The van der Waals surface area contributed by atoms with Crippen LogP contribution in [-0.2, 0) is 9.84 Å². The van der Waals surface area contributed by atoms with E-state index in [9.17, 15) is 13.5 Å². The molecular weight excluding hydrogens is 364 g/mol. The lowest BCUT2D eigenvalue weighted by Gasteiger charge is -2.06. The van der Waals surface area contributed by atoms with Crippen molar-refractivity contribution in [1.82, 2.24) is 14.6 Å². The third kappa shape index (κ3) is 3.47. The number of anilines is 2. The first-order valence-electron chi connectivity index (χ1n) is 8.12. The van der Waals surface area contributed by atoms with E-state index in [4.69, 9.17) is 0 Å². The topological polar surface area (TPSA) is 96.6 Å². The number of pyridine rings is 1. The lowest BCUT2D eigenvalue weighted by Crippen LogP contribution is -1.99. The number of sulfone groups is 1. The smallest absolute Gasteiger partial charge is 0.247 e. The highest BCUT2D eigenvalue weighted by Gasteiger charge is 2.12. The van der Waals surface area contributed by atoms with Crippen molar-refractivity contribution < 1.29 is 13.5 Å². The third-order valence-electron chi connectivity index (χ3n) is 4.04. The van der Waals surface area contributed by atoms with E-state index in [1.165, 1.54) is 6.26 Å². The Hall–Kier alpha value is -3.39. The fraction of sp³-hybridized carbons (Fsp3) is 0.0526. The molecule has 2 heterocycles. The highest BCUT2D eigenvalue weighted by atomic mass is 32.2. The molecule has 8 heteroatoms. The number of hydrogen-bond donors (Lipinski definition) is 2. The van der Waals surface area contributed by atoms with Gasteiger partial charge in [-0.05, 0) is 48.5 Å². The van der Waals surface area contributed by atoms with Gasteiger partial charge >= 0.3 is 0 Å². The van der Waals surface area contributed by atoms with Crippen LogP contribution in [0.1, 0.15) is 0 Å².